The van der Waals surface area contributed by atoms with Gasteiger partial charge in [-0.1, -0.05) is 31.6 Å². The lowest BCUT2D eigenvalue weighted by molar-refractivity contribution is -0.131. The highest BCUT2D eigenvalue weighted by Gasteiger charge is 2.59. The Labute approximate surface area is 185 Å². The number of amides is 1. The molecule has 0 aromatic carbocycles. The van der Waals surface area contributed by atoms with E-state index in [0.717, 1.165) is 56.9 Å². The molecule has 30 heavy (non-hydrogen) atoms. The van der Waals surface area contributed by atoms with Crippen molar-refractivity contribution in [2.24, 2.45) is 34.5 Å². The summed E-state index contributed by atoms with van der Waals surface area (Å²) in [6, 6.07) is 4.24. The van der Waals surface area contributed by atoms with Gasteiger partial charge in [0.15, 0.2) is 0 Å². The summed E-state index contributed by atoms with van der Waals surface area (Å²) >= 11 is 1.77. The number of fused-ring (bicyclic) bond motifs is 5. The molecule has 1 aromatic rings. The Balaban J connectivity index is 1.28. The lowest BCUT2D eigenvalue weighted by atomic mass is 9.47. The largest absolute Gasteiger partial charge is 0.393 e. The Bertz CT molecular complexity index is 817. The molecular weight excluding hydrogens is 390 g/mol. The van der Waals surface area contributed by atoms with E-state index in [1.54, 1.807) is 11.3 Å². The second kappa shape index (κ2) is 7.78. The third-order valence-corrected chi connectivity index (χ3v) is 10.6. The van der Waals surface area contributed by atoms with Gasteiger partial charge in [-0.25, -0.2) is 0 Å². The molecule has 1 aromatic heterocycles. The van der Waals surface area contributed by atoms with E-state index in [-0.39, 0.29) is 22.9 Å². The molecule has 3 fully saturated rings. The molecule has 164 valence electrons. The predicted molar refractivity (Wildman–Crippen MR) is 122 cm³/mol. The van der Waals surface area contributed by atoms with Crippen LogP contribution in [0.4, 0.5) is 0 Å². The minimum atomic E-state index is -0.136. The van der Waals surface area contributed by atoms with Gasteiger partial charge in [0, 0.05) is 17.3 Å². The van der Waals surface area contributed by atoms with E-state index in [4.69, 9.17) is 0 Å². The third kappa shape index (κ3) is 3.30. The second-order valence-electron chi connectivity index (χ2n) is 11.0. The molecule has 1 amide bonds. The van der Waals surface area contributed by atoms with Crippen LogP contribution < -0.4 is 5.32 Å². The highest BCUT2D eigenvalue weighted by molar-refractivity contribution is 7.09. The average molecular weight is 428 g/mol. The maximum Gasteiger partial charge on any atom is 0.223 e. The first-order valence-corrected chi connectivity index (χ1v) is 13.0. The van der Waals surface area contributed by atoms with Crippen LogP contribution in [0.3, 0.4) is 0 Å². The molecule has 0 unspecified atom stereocenters. The number of hydrogen-bond donors (Lipinski definition) is 2. The first-order chi connectivity index (χ1) is 14.4. The molecule has 0 aliphatic heterocycles. The van der Waals surface area contributed by atoms with Crippen molar-refractivity contribution in [1.29, 1.82) is 0 Å². The van der Waals surface area contributed by atoms with E-state index in [2.05, 4.69) is 42.8 Å². The van der Waals surface area contributed by atoms with Crippen molar-refractivity contribution >= 4 is 17.2 Å². The molecule has 7 atom stereocenters. The van der Waals surface area contributed by atoms with E-state index in [1.165, 1.54) is 29.7 Å². The fourth-order valence-electron chi connectivity index (χ4n) is 7.96. The van der Waals surface area contributed by atoms with Crippen LogP contribution >= 0.6 is 11.3 Å². The summed E-state index contributed by atoms with van der Waals surface area (Å²) in [7, 11) is 0. The van der Waals surface area contributed by atoms with Crippen LogP contribution in [0.25, 0.3) is 0 Å². The van der Waals surface area contributed by atoms with Crippen LogP contribution in [0, 0.1) is 34.5 Å². The predicted octanol–water partition coefficient (Wildman–Crippen LogP) is 5.35. The third-order valence-electron chi connectivity index (χ3n) is 9.65. The van der Waals surface area contributed by atoms with Crippen molar-refractivity contribution in [1.82, 2.24) is 5.32 Å². The highest BCUT2D eigenvalue weighted by atomic mass is 32.1. The topological polar surface area (TPSA) is 49.3 Å². The number of aliphatic hydroxyl groups excluding tert-OH is 1. The summed E-state index contributed by atoms with van der Waals surface area (Å²) in [5.41, 5.74) is 1.97. The Morgan fingerprint density at radius 1 is 1.20 bits per heavy atom. The van der Waals surface area contributed by atoms with Crippen molar-refractivity contribution in [3.8, 4) is 0 Å². The molecular formula is C26H37NO2S. The van der Waals surface area contributed by atoms with Crippen LogP contribution in [-0.4, -0.2) is 23.7 Å². The van der Waals surface area contributed by atoms with Gasteiger partial charge in [-0.3, -0.25) is 4.79 Å². The first-order valence-electron chi connectivity index (χ1n) is 12.1. The van der Waals surface area contributed by atoms with Gasteiger partial charge in [0.25, 0.3) is 0 Å². The summed E-state index contributed by atoms with van der Waals surface area (Å²) in [6.07, 6.45) is 12.1. The van der Waals surface area contributed by atoms with Crippen molar-refractivity contribution < 1.29 is 9.90 Å². The molecule has 3 saturated carbocycles. The van der Waals surface area contributed by atoms with Gasteiger partial charge in [-0.05, 0) is 97.8 Å². The van der Waals surface area contributed by atoms with Crippen molar-refractivity contribution in [3.05, 3.63) is 34.0 Å². The van der Waals surface area contributed by atoms with Gasteiger partial charge in [-0.2, -0.15) is 0 Å². The highest BCUT2D eigenvalue weighted by Crippen LogP contribution is 2.66. The van der Waals surface area contributed by atoms with Crippen LogP contribution in [0.5, 0.6) is 0 Å². The summed E-state index contributed by atoms with van der Waals surface area (Å²) in [5, 5.41) is 15.6. The Morgan fingerprint density at radius 2 is 2.07 bits per heavy atom. The van der Waals surface area contributed by atoms with E-state index in [9.17, 15) is 9.90 Å². The van der Waals surface area contributed by atoms with Crippen LogP contribution in [0.1, 0.15) is 70.1 Å². The van der Waals surface area contributed by atoms with Crippen LogP contribution in [0.15, 0.2) is 29.2 Å². The maximum atomic E-state index is 13.2. The van der Waals surface area contributed by atoms with Gasteiger partial charge in [0.2, 0.25) is 5.91 Å². The fourth-order valence-corrected chi connectivity index (χ4v) is 8.67. The molecule has 5 rings (SSSR count). The Kier molecular flexibility index (Phi) is 5.38. The molecule has 3 nitrogen and oxygen atoms in total. The van der Waals surface area contributed by atoms with Gasteiger partial charge >= 0.3 is 0 Å². The number of carbonyl (C=O) groups is 1. The van der Waals surface area contributed by atoms with Gasteiger partial charge in [0.05, 0.1) is 6.10 Å². The molecule has 4 heteroatoms. The number of aliphatic hydroxyl groups is 1. The fraction of sp³-hybridized carbons (Fsp3) is 0.731. The molecule has 4 aliphatic carbocycles. The smallest absolute Gasteiger partial charge is 0.223 e. The molecule has 0 radical (unpaired) electrons. The van der Waals surface area contributed by atoms with Gasteiger partial charge in [-0.15, -0.1) is 11.3 Å². The number of hydrogen-bond acceptors (Lipinski definition) is 3. The van der Waals surface area contributed by atoms with Gasteiger partial charge < -0.3 is 10.4 Å². The number of rotatable bonds is 4. The molecule has 0 spiro atoms. The minimum Gasteiger partial charge on any atom is -0.393 e. The summed E-state index contributed by atoms with van der Waals surface area (Å²) in [5.74, 6) is 2.61. The van der Waals surface area contributed by atoms with Crippen molar-refractivity contribution in [3.63, 3.8) is 0 Å². The lowest BCUT2D eigenvalue weighted by Crippen LogP contribution is -2.51. The zero-order valence-electron chi connectivity index (χ0n) is 18.5. The summed E-state index contributed by atoms with van der Waals surface area (Å²) < 4.78 is 0. The number of carbonyl (C=O) groups excluding carboxylic acids is 1. The molecule has 4 aliphatic rings. The van der Waals surface area contributed by atoms with E-state index in [0.29, 0.717) is 11.8 Å². The second-order valence-corrected chi connectivity index (χ2v) is 12.0. The first kappa shape index (κ1) is 20.8. The van der Waals surface area contributed by atoms with E-state index >= 15 is 0 Å². The zero-order valence-corrected chi connectivity index (χ0v) is 19.3. The van der Waals surface area contributed by atoms with Gasteiger partial charge in [0.1, 0.15) is 0 Å². The monoisotopic (exact) mass is 427 g/mol. The number of nitrogens with one attached hydrogen (secondary N) is 1. The SMILES string of the molecule is C[C@]12CC[C@H]3[C@@H](CC=C4C[C@@H](O)CC[C@@]43C)[C@@H]1CC[C@@H]2C(=O)NCCc1cccs1. The normalized spacial score (nSPS) is 42.6. The van der Waals surface area contributed by atoms with E-state index in [1.807, 2.05) is 0 Å². The maximum absolute atomic E-state index is 13.2. The Hall–Kier alpha value is -1.13. The summed E-state index contributed by atoms with van der Waals surface area (Å²) in [6.45, 7) is 5.67. The lowest BCUT2D eigenvalue weighted by Gasteiger charge is -2.57. The minimum absolute atomic E-state index is 0.136. The molecule has 0 saturated heterocycles. The quantitative estimate of drug-likeness (QED) is 0.637. The zero-order chi connectivity index (χ0) is 20.9. The Morgan fingerprint density at radius 3 is 2.87 bits per heavy atom. The van der Waals surface area contributed by atoms with Crippen molar-refractivity contribution in [2.45, 2.75) is 77.7 Å². The van der Waals surface area contributed by atoms with Crippen LogP contribution in [-0.2, 0) is 11.2 Å². The molecule has 0 bridgehead atoms. The number of allylic oxidation sites excluding steroid dienone is 1. The molecule has 1 heterocycles. The van der Waals surface area contributed by atoms with E-state index < -0.39 is 0 Å². The van der Waals surface area contributed by atoms with Crippen molar-refractivity contribution in [2.75, 3.05) is 6.54 Å². The number of thiophene rings is 1. The van der Waals surface area contributed by atoms with Crippen LogP contribution in [0.2, 0.25) is 0 Å². The standard InChI is InChI=1S/C26H37NO2S/c1-25-12-9-18(28)16-17(25)5-6-20-21-7-8-23(26(21,2)13-10-22(20)25)24(29)27-14-11-19-4-3-15-30-19/h3-5,15,18,20-23,28H,6-14,16H2,1-2H3,(H,27,29)/t18-,20-,21-,22-,23+,25-,26-/m0/s1. The molecule has 2 N–H and O–H groups in total. The summed E-state index contributed by atoms with van der Waals surface area (Å²) in [4.78, 5) is 14.5. The average Bonchev–Trinajstić information content (AvgIpc) is 3.35.